The van der Waals surface area contributed by atoms with Gasteiger partial charge in [-0.05, 0) is 6.07 Å². The first-order valence-electron chi connectivity index (χ1n) is 5.05. The van der Waals surface area contributed by atoms with Gasteiger partial charge in [0.05, 0.1) is 22.8 Å². The second kappa shape index (κ2) is 4.48. The molecule has 0 bridgehead atoms. The fraction of sp³-hybridized carbons (Fsp3) is 0.400. The molecule has 1 fully saturated rings. The van der Waals surface area contributed by atoms with Crippen molar-refractivity contribution >= 4 is 23.3 Å². The molecule has 2 heterocycles. The Morgan fingerprint density at radius 3 is 2.59 bits per heavy atom. The van der Waals surface area contributed by atoms with Gasteiger partial charge in [0.25, 0.3) is 5.91 Å². The van der Waals surface area contributed by atoms with Crippen molar-refractivity contribution in [1.29, 1.82) is 0 Å². The minimum Gasteiger partial charge on any atom is -0.388 e. The van der Waals surface area contributed by atoms with Crippen molar-refractivity contribution < 1.29 is 15.0 Å². The van der Waals surface area contributed by atoms with Crippen LogP contribution < -0.4 is 5.73 Å². The summed E-state index contributed by atoms with van der Waals surface area (Å²) in [4.78, 5) is 17.1. The number of aliphatic hydroxyl groups is 2. The number of carbonyl (C=O) groups is 1. The molecule has 0 aliphatic carbocycles. The van der Waals surface area contributed by atoms with Crippen molar-refractivity contribution in [3.8, 4) is 0 Å². The number of anilines is 1. The molecule has 1 aliphatic rings. The summed E-state index contributed by atoms with van der Waals surface area (Å²) < 4.78 is 0. The van der Waals surface area contributed by atoms with E-state index in [-0.39, 0.29) is 35.4 Å². The fourth-order valence-corrected chi connectivity index (χ4v) is 1.85. The molecule has 1 aromatic rings. The Labute approximate surface area is 103 Å². The summed E-state index contributed by atoms with van der Waals surface area (Å²) in [6.45, 7) is 0.198. The standard InChI is InChI=1S/C10H12ClN3O3/c11-6-1-5(2-13-9(6)12)10(17)14-3-7(15)8(16)4-14/h1-2,7-8,15-16H,3-4H2,(H2,12,13). The maximum absolute atomic E-state index is 12.0. The number of aromatic nitrogens is 1. The van der Waals surface area contributed by atoms with Gasteiger partial charge in [-0.1, -0.05) is 11.6 Å². The van der Waals surface area contributed by atoms with Crippen LogP contribution in [0.25, 0.3) is 0 Å². The highest BCUT2D eigenvalue weighted by Crippen LogP contribution is 2.19. The molecular formula is C10H12ClN3O3. The summed E-state index contributed by atoms with van der Waals surface area (Å²) >= 11 is 5.76. The lowest BCUT2D eigenvalue weighted by Gasteiger charge is -2.15. The summed E-state index contributed by atoms with van der Waals surface area (Å²) in [6.07, 6.45) is -0.493. The number of nitrogens with two attached hydrogens (primary N) is 1. The Kier molecular flexibility index (Phi) is 3.19. The molecule has 4 N–H and O–H groups in total. The molecule has 0 aromatic carbocycles. The number of hydrogen-bond donors (Lipinski definition) is 3. The lowest BCUT2D eigenvalue weighted by molar-refractivity contribution is 0.0572. The molecule has 92 valence electrons. The molecular weight excluding hydrogens is 246 g/mol. The first kappa shape index (κ1) is 12.1. The van der Waals surface area contributed by atoms with Crippen LogP contribution >= 0.6 is 11.6 Å². The van der Waals surface area contributed by atoms with Gasteiger partial charge in [-0.25, -0.2) is 4.98 Å². The summed E-state index contributed by atoms with van der Waals surface area (Å²) in [5, 5.41) is 18.9. The average Bonchev–Trinajstić information content (AvgIpc) is 2.62. The van der Waals surface area contributed by atoms with E-state index in [1.807, 2.05) is 0 Å². The van der Waals surface area contributed by atoms with E-state index in [2.05, 4.69) is 4.98 Å². The summed E-state index contributed by atoms with van der Waals surface area (Å²) in [5.41, 5.74) is 5.72. The van der Waals surface area contributed by atoms with Crippen LogP contribution in [0.1, 0.15) is 10.4 Å². The van der Waals surface area contributed by atoms with Crippen LogP contribution in [0.3, 0.4) is 0 Å². The predicted molar refractivity (Wildman–Crippen MR) is 61.6 cm³/mol. The molecule has 0 spiro atoms. The predicted octanol–water partition coefficient (Wildman–Crippen LogP) is -0.505. The quantitative estimate of drug-likeness (QED) is 0.630. The van der Waals surface area contributed by atoms with E-state index < -0.39 is 12.2 Å². The zero-order valence-electron chi connectivity index (χ0n) is 8.88. The first-order chi connectivity index (χ1) is 7.99. The van der Waals surface area contributed by atoms with E-state index in [1.165, 1.54) is 17.2 Å². The van der Waals surface area contributed by atoms with Gasteiger partial charge >= 0.3 is 0 Å². The molecule has 0 saturated carbocycles. The smallest absolute Gasteiger partial charge is 0.255 e. The molecule has 2 atom stereocenters. The van der Waals surface area contributed by atoms with E-state index in [1.54, 1.807) is 0 Å². The minimum atomic E-state index is -0.906. The van der Waals surface area contributed by atoms with Gasteiger partial charge in [0.15, 0.2) is 0 Å². The van der Waals surface area contributed by atoms with Gasteiger partial charge in [-0.15, -0.1) is 0 Å². The van der Waals surface area contributed by atoms with Crippen molar-refractivity contribution in [2.24, 2.45) is 0 Å². The monoisotopic (exact) mass is 257 g/mol. The Balaban J connectivity index is 2.17. The normalized spacial score (nSPS) is 24.1. The summed E-state index contributed by atoms with van der Waals surface area (Å²) in [7, 11) is 0. The maximum Gasteiger partial charge on any atom is 0.255 e. The van der Waals surface area contributed by atoms with Crippen molar-refractivity contribution in [3.05, 3.63) is 22.8 Å². The molecule has 7 heteroatoms. The average molecular weight is 258 g/mol. The third-order valence-electron chi connectivity index (χ3n) is 2.66. The van der Waals surface area contributed by atoms with Gasteiger partial charge in [0, 0.05) is 19.3 Å². The topological polar surface area (TPSA) is 99.7 Å². The van der Waals surface area contributed by atoms with Crippen LogP contribution in [-0.4, -0.2) is 51.3 Å². The molecule has 6 nitrogen and oxygen atoms in total. The summed E-state index contributed by atoms with van der Waals surface area (Å²) in [6, 6.07) is 1.42. The van der Waals surface area contributed by atoms with Crippen LogP contribution in [0.2, 0.25) is 5.02 Å². The van der Waals surface area contributed by atoms with Gasteiger partial charge in [0.2, 0.25) is 0 Å². The Bertz CT molecular complexity index is 444. The third kappa shape index (κ3) is 2.33. The highest BCUT2D eigenvalue weighted by Gasteiger charge is 2.33. The van der Waals surface area contributed by atoms with Crippen molar-refractivity contribution in [2.75, 3.05) is 18.8 Å². The van der Waals surface area contributed by atoms with Crippen molar-refractivity contribution in [2.45, 2.75) is 12.2 Å². The molecule has 1 aliphatic heterocycles. The minimum absolute atomic E-state index is 0.0992. The third-order valence-corrected chi connectivity index (χ3v) is 2.97. The van der Waals surface area contributed by atoms with Crippen LogP contribution in [0.15, 0.2) is 12.3 Å². The van der Waals surface area contributed by atoms with Gasteiger partial charge in [0.1, 0.15) is 5.82 Å². The Hall–Kier alpha value is -1.37. The number of pyridine rings is 1. The summed E-state index contributed by atoms with van der Waals surface area (Å²) in [5.74, 6) is -0.181. The number of nitrogens with zero attached hydrogens (tertiary/aromatic N) is 2. The van der Waals surface area contributed by atoms with Crippen molar-refractivity contribution in [3.63, 3.8) is 0 Å². The molecule has 1 saturated heterocycles. The molecule has 1 aromatic heterocycles. The van der Waals surface area contributed by atoms with E-state index in [0.29, 0.717) is 0 Å². The largest absolute Gasteiger partial charge is 0.388 e. The molecule has 0 radical (unpaired) electrons. The first-order valence-corrected chi connectivity index (χ1v) is 5.43. The van der Waals surface area contributed by atoms with Crippen LogP contribution in [0, 0.1) is 0 Å². The lowest BCUT2D eigenvalue weighted by Crippen LogP contribution is -2.29. The number of aliphatic hydroxyl groups excluding tert-OH is 2. The number of hydrogen-bond acceptors (Lipinski definition) is 5. The Morgan fingerprint density at radius 1 is 1.47 bits per heavy atom. The van der Waals surface area contributed by atoms with Crippen molar-refractivity contribution in [1.82, 2.24) is 9.88 Å². The number of rotatable bonds is 1. The van der Waals surface area contributed by atoms with E-state index >= 15 is 0 Å². The number of halogens is 1. The van der Waals surface area contributed by atoms with Gasteiger partial charge in [-0.3, -0.25) is 4.79 Å². The lowest BCUT2D eigenvalue weighted by atomic mass is 10.2. The molecule has 17 heavy (non-hydrogen) atoms. The van der Waals surface area contributed by atoms with E-state index in [4.69, 9.17) is 17.3 Å². The number of nitrogen functional groups attached to an aromatic ring is 1. The SMILES string of the molecule is Nc1ncc(C(=O)N2CC(O)C(O)C2)cc1Cl. The second-order valence-electron chi connectivity index (χ2n) is 3.94. The molecule has 2 unspecified atom stereocenters. The molecule has 2 rings (SSSR count). The van der Waals surface area contributed by atoms with Gasteiger partial charge in [-0.2, -0.15) is 0 Å². The second-order valence-corrected chi connectivity index (χ2v) is 4.34. The number of likely N-dealkylation sites (tertiary alicyclic amines) is 1. The fourth-order valence-electron chi connectivity index (χ4n) is 1.68. The van der Waals surface area contributed by atoms with Gasteiger partial charge < -0.3 is 20.8 Å². The molecule has 1 amide bonds. The zero-order valence-corrected chi connectivity index (χ0v) is 9.63. The highest BCUT2D eigenvalue weighted by atomic mass is 35.5. The van der Waals surface area contributed by atoms with E-state index in [0.717, 1.165) is 0 Å². The number of β-amino-alcohol motifs (C(OH)–C–C–N with tert-alkyl or cyclic N) is 2. The van der Waals surface area contributed by atoms with Crippen LogP contribution in [0.4, 0.5) is 5.82 Å². The zero-order chi connectivity index (χ0) is 12.6. The van der Waals surface area contributed by atoms with Crippen LogP contribution in [-0.2, 0) is 0 Å². The number of carbonyl (C=O) groups excluding carboxylic acids is 1. The van der Waals surface area contributed by atoms with E-state index in [9.17, 15) is 15.0 Å². The maximum atomic E-state index is 12.0. The van der Waals surface area contributed by atoms with Crippen LogP contribution in [0.5, 0.6) is 0 Å². The highest BCUT2D eigenvalue weighted by molar-refractivity contribution is 6.33. The number of amides is 1. The Morgan fingerprint density at radius 2 is 2.06 bits per heavy atom.